The predicted molar refractivity (Wildman–Crippen MR) is 88.2 cm³/mol. The SMILES string of the molecule is CCC(=O)Oc1ccc(/C=C2\N=C(c3ccco3)OC2=O)cc1OC. The standard InChI is InChI=1S/C18H15NO6/c1-3-16(20)24-13-7-6-11(10-15(13)22-2)9-12-18(21)25-17(19-12)14-5-4-8-23-14/h4-10H,3H2,1-2H3/b12-9-. The summed E-state index contributed by atoms with van der Waals surface area (Å²) in [6.45, 7) is 1.70. The Balaban J connectivity index is 1.88. The molecule has 1 aromatic carbocycles. The number of benzene rings is 1. The van der Waals surface area contributed by atoms with Crippen LogP contribution in [0.3, 0.4) is 0 Å². The molecule has 0 amide bonds. The second-order valence-electron chi connectivity index (χ2n) is 5.05. The lowest BCUT2D eigenvalue weighted by molar-refractivity contribution is -0.134. The maximum Gasteiger partial charge on any atom is 0.363 e. The van der Waals surface area contributed by atoms with Gasteiger partial charge in [-0.2, -0.15) is 0 Å². The molecule has 0 fully saturated rings. The lowest BCUT2D eigenvalue weighted by atomic mass is 10.1. The van der Waals surface area contributed by atoms with Crippen LogP contribution < -0.4 is 9.47 Å². The van der Waals surface area contributed by atoms with Crippen molar-refractivity contribution in [3.8, 4) is 11.5 Å². The van der Waals surface area contributed by atoms with Crippen molar-refractivity contribution in [2.75, 3.05) is 7.11 Å². The summed E-state index contributed by atoms with van der Waals surface area (Å²) in [4.78, 5) is 27.5. The molecule has 0 aliphatic carbocycles. The third-order valence-corrected chi connectivity index (χ3v) is 3.36. The second kappa shape index (κ2) is 7.04. The van der Waals surface area contributed by atoms with Gasteiger partial charge >= 0.3 is 11.9 Å². The number of esters is 2. The first-order valence-electron chi connectivity index (χ1n) is 7.56. The van der Waals surface area contributed by atoms with Crippen LogP contribution in [0.25, 0.3) is 6.08 Å². The fourth-order valence-electron chi connectivity index (χ4n) is 2.13. The van der Waals surface area contributed by atoms with Gasteiger partial charge in [0.05, 0.1) is 13.4 Å². The van der Waals surface area contributed by atoms with E-state index >= 15 is 0 Å². The van der Waals surface area contributed by atoms with E-state index in [4.69, 9.17) is 18.6 Å². The highest BCUT2D eigenvalue weighted by atomic mass is 16.6. The third-order valence-electron chi connectivity index (χ3n) is 3.36. The van der Waals surface area contributed by atoms with Gasteiger partial charge in [0.15, 0.2) is 23.0 Å². The van der Waals surface area contributed by atoms with Crippen LogP contribution in [0.4, 0.5) is 0 Å². The van der Waals surface area contributed by atoms with Crippen molar-refractivity contribution in [3.63, 3.8) is 0 Å². The summed E-state index contributed by atoms with van der Waals surface area (Å²) in [5, 5.41) is 0. The van der Waals surface area contributed by atoms with E-state index in [1.807, 2.05) is 0 Å². The molecule has 0 saturated carbocycles. The lowest BCUT2D eigenvalue weighted by Crippen LogP contribution is -2.06. The Labute approximate surface area is 143 Å². The van der Waals surface area contributed by atoms with Crippen LogP contribution in [-0.2, 0) is 14.3 Å². The zero-order valence-corrected chi connectivity index (χ0v) is 13.6. The van der Waals surface area contributed by atoms with E-state index in [2.05, 4.69) is 4.99 Å². The first-order valence-corrected chi connectivity index (χ1v) is 7.56. The molecule has 2 aromatic rings. The molecule has 3 rings (SSSR count). The molecule has 0 unspecified atom stereocenters. The number of hydrogen-bond acceptors (Lipinski definition) is 7. The Morgan fingerprint density at radius 1 is 1.28 bits per heavy atom. The normalized spacial score (nSPS) is 15.0. The van der Waals surface area contributed by atoms with Crippen LogP contribution in [0.1, 0.15) is 24.7 Å². The summed E-state index contributed by atoms with van der Waals surface area (Å²) < 4.78 is 20.7. The maximum atomic E-state index is 11.9. The lowest BCUT2D eigenvalue weighted by Gasteiger charge is -2.09. The van der Waals surface area contributed by atoms with Crippen molar-refractivity contribution in [3.05, 3.63) is 53.6 Å². The number of carbonyl (C=O) groups is 2. The molecule has 7 heteroatoms. The third kappa shape index (κ3) is 3.60. The number of hydrogen-bond donors (Lipinski definition) is 0. The molecule has 1 aliphatic heterocycles. The Morgan fingerprint density at radius 2 is 2.12 bits per heavy atom. The fraction of sp³-hybridized carbons (Fsp3) is 0.167. The van der Waals surface area contributed by atoms with Crippen molar-refractivity contribution in [2.45, 2.75) is 13.3 Å². The Morgan fingerprint density at radius 3 is 2.80 bits per heavy atom. The van der Waals surface area contributed by atoms with E-state index in [-0.39, 0.29) is 24.0 Å². The summed E-state index contributed by atoms with van der Waals surface area (Å²) in [6.07, 6.45) is 3.27. The number of ether oxygens (including phenoxy) is 3. The van der Waals surface area contributed by atoms with Crippen LogP contribution in [0.15, 0.2) is 51.7 Å². The van der Waals surface area contributed by atoms with Gasteiger partial charge in [-0.05, 0) is 35.9 Å². The van der Waals surface area contributed by atoms with E-state index in [0.29, 0.717) is 22.8 Å². The van der Waals surface area contributed by atoms with Gasteiger partial charge < -0.3 is 18.6 Å². The number of nitrogens with zero attached hydrogens (tertiary/aromatic N) is 1. The van der Waals surface area contributed by atoms with E-state index in [1.54, 1.807) is 43.3 Å². The number of rotatable bonds is 5. The molecule has 128 valence electrons. The van der Waals surface area contributed by atoms with Crippen molar-refractivity contribution in [2.24, 2.45) is 4.99 Å². The van der Waals surface area contributed by atoms with Gasteiger partial charge in [0.25, 0.3) is 5.90 Å². The number of aliphatic imine (C=N–C) groups is 1. The first kappa shape index (κ1) is 16.5. The molecule has 0 saturated heterocycles. The largest absolute Gasteiger partial charge is 0.493 e. The molecule has 25 heavy (non-hydrogen) atoms. The molecule has 2 heterocycles. The van der Waals surface area contributed by atoms with Crippen molar-refractivity contribution in [1.82, 2.24) is 0 Å². The van der Waals surface area contributed by atoms with Gasteiger partial charge in [0.2, 0.25) is 0 Å². The average molecular weight is 341 g/mol. The minimum absolute atomic E-state index is 0.113. The summed E-state index contributed by atoms with van der Waals surface area (Å²) in [6, 6.07) is 8.24. The number of methoxy groups -OCH3 is 1. The van der Waals surface area contributed by atoms with Crippen LogP contribution >= 0.6 is 0 Å². The van der Waals surface area contributed by atoms with Crippen molar-refractivity contribution in [1.29, 1.82) is 0 Å². The number of carbonyl (C=O) groups excluding carboxylic acids is 2. The molecule has 0 radical (unpaired) electrons. The van der Waals surface area contributed by atoms with E-state index in [9.17, 15) is 9.59 Å². The average Bonchev–Trinajstić information content (AvgIpc) is 3.26. The van der Waals surface area contributed by atoms with Crippen LogP contribution in [0.5, 0.6) is 11.5 Å². The van der Waals surface area contributed by atoms with Crippen molar-refractivity contribution < 1.29 is 28.2 Å². The minimum atomic E-state index is -0.577. The van der Waals surface area contributed by atoms with Gasteiger partial charge in [-0.3, -0.25) is 4.79 Å². The first-order chi connectivity index (χ1) is 12.1. The second-order valence-corrected chi connectivity index (χ2v) is 5.05. The Kier molecular flexibility index (Phi) is 4.65. The molecule has 0 atom stereocenters. The van der Waals surface area contributed by atoms with Crippen LogP contribution in [-0.4, -0.2) is 24.9 Å². The number of furan rings is 1. The summed E-state index contributed by atoms with van der Waals surface area (Å²) in [5.41, 5.74) is 0.774. The van der Waals surface area contributed by atoms with E-state index in [1.165, 1.54) is 13.4 Å². The van der Waals surface area contributed by atoms with Crippen LogP contribution in [0.2, 0.25) is 0 Å². The van der Waals surface area contributed by atoms with Crippen LogP contribution in [0, 0.1) is 0 Å². The minimum Gasteiger partial charge on any atom is -0.493 e. The van der Waals surface area contributed by atoms with Gasteiger partial charge in [0.1, 0.15) is 0 Å². The molecule has 0 spiro atoms. The zero-order chi connectivity index (χ0) is 17.8. The molecule has 0 bridgehead atoms. The molecule has 0 N–H and O–H groups in total. The monoisotopic (exact) mass is 341 g/mol. The fourth-order valence-corrected chi connectivity index (χ4v) is 2.13. The van der Waals surface area contributed by atoms with Crippen molar-refractivity contribution >= 4 is 23.9 Å². The molecule has 1 aliphatic rings. The predicted octanol–water partition coefficient (Wildman–Crippen LogP) is 2.95. The molecule has 1 aromatic heterocycles. The highest BCUT2D eigenvalue weighted by Gasteiger charge is 2.25. The van der Waals surface area contributed by atoms with Gasteiger partial charge in [-0.25, -0.2) is 9.79 Å². The quantitative estimate of drug-likeness (QED) is 0.472. The smallest absolute Gasteiger partial charge is 0.363 e. The van der Waals surface area contributed by atoms with E-state index < -0.39 is 5.97 Å². The molecular formula is C18H15NO6. The highest BCUT2D eigenvalue weighted by molar-refractivity contribution is 6.11. The van der Waals surface area contributed by atoms with Gasteiger partial charge in [-0.1, -0.05) is 13.0 Å². The van der Waals surface area contributed by atoms with Gasteiger partial charge in [0, 0.05) is 6.42 Å². The van der Waals surface area contributed by atoms with Gasteiger partial charge in [-0.15, -0.1) is 0 Å². The molecule has 7 nitrogen and oxygen atoms in total. The maximum absolute atomic E-state index is 11.9. The number of cyclic esters (lactones) is 1. The summed E-state index contributed by atoms with van der Waals surface area (Å²) in [7, 11) is 1.46. The summed E-state index contributed by atoms with van der Waals surface area (Å²) >= 11 is 0. The summed E-state index contributed by atoms with van der Waals surface area (Å²) in [5.74, 6) is 0.226. The topological polar surface area (TPSA) is 87.3 Å². The van der Waals surface area contributed by atoms with E-state index in [0.717, 1.165) is 0 Å². The highest BCUT2D eigenvalue weighted by Crippen LogP contribution is 2.30. The Bertz CT molecular complexity index is 864. The zero-order valence-electron chi connectivity index (χ0n) is 13.6. The molecular weight excluding hydrogens is 326 g/mol. The Hall–Kier alpha value is -3.35.